The molecule has 1 saturated heterocycles. The monoisotopic (exact) mass is 360 g/mol. The van der Waals surface area contributed by atoms with Gasteiger partial charge in [0.2, 0.25) is 5.91 Å². The first-order chi connectivity index (χ1) is 12.0. The number of phenolic OH excluding ortho intramolecular Hbond substituents is 1. The minimum absolute atomic E-state index is 0.0705. The highest BCUT2D eigenvalue weighted by molar-refractivity contribution is 6.30. The highest BCUT2D eigenvalue weighted by atomic mass is 35.5. The van der Waals surface area contributed by atoms with E-state index in [0.717, 1.165) is 0 Å². The van der Waals surface area contributed by atoms with Crippen molar-refractivity contribution in [3.8, 4) is 11.5 Å². The van der Waals surface area contributed by atoms with Crippen molar-refractivity contribution in [1.29, 1.82) is 0 Å². The number of piperazine rings is 1. The Kier molecular flexibility index (Phi) is 4.81. The van der Waals surface area contributed by atoms with Gasteiger partial charge in [-0.2, -0.15) is 0 Å². The van der Waals surface area contributed by atoms with Gasteiger partial charge in [0.15, 0.2) is 0 Å². The van der Waals surface area contributed by atoms with E-state index in [9.17, 15) is 14.7 Å². The molecule has 2 amide bonds. The second-order valence-electron chi connectivity index (χ2n) is 5.61. The van der Waals surface area contributed by atoms with Gasteiger partial charge in [0.1, 0.15) is 18.0 Å². The summed E-state index contributed by atoms with van der Waals surface area (Å²) < 4.78 is 5.30. The molecule has 3 rings (SSSR count). The maximum absolute atomic E-state index is 12.6. The van der Waals surface area contributed by atoms with E-state index in [1.54, 1.807) is 24.1 Å². The topological polar surface area (TPSA) is 70.1 Å². The Balaban J connectivity index is 1.77. The Morgan fingerprint density at radius 1 is 1.20 bits per heavy atom. The number of benzene rings is 2. The highest BCUT2D eigenvalue weighted by Crippen LogP contribution is 2.29. The van der Waals surface area contributed by atoms with Crippen LogP contribution in [0.5, 0.6) is 11.5 Å². The highest BCUT2D eigenvalue weighted by Gasteiger charge is 2.30. The number of phenols is 1. The summed E-state index contributed by atoms with van der Waals surface area (Å²) >= 11 is 5.79. The summed E-state index contributed by atoms with van der Waals surface area (Å²) in [6.45, 7) is 0.628. The maximum atomic E-state index is 12.6. The Morgan fingerprint density at radius 2 is 1.96 bits per heavy atom. The Bertz CT molecular complexity index is 824. The first-order valence-electron chi connectivity index (χ1n) is 7.72. The number of hydrogen-bond donors (Lipinski definition) is 1. The maximum Gasteiger partial charge on any atom is 0.258 e. The van der Waals surface area contributed by atoms with Gasteiger partial charge in [-0.3, -0.25) is 9.59 Å². The van der Waals surface area contributed by atoms with E-state index < -0.39 is 5.91 Å². The number of carbonyl (C=O) groups excluding carboxylic acids is 2. The number of halogens is 1. The predicted molar refractivity (Wildman–Crippen MR) is 94.4 cm³/mol. The molecule has 2 aromatic rings. The van der Waals surface area contributed by atoms with Crippen molar-refractivity contribution < 1.29 is 19.4 Å². The molecule has 0 aromatic heterocycles. The van der Waals surface area contributed by atoms with Crippen LogP contribution in [0.2, 0.25) is 5.02 Å². The van der Waals surface area contributed by atoms with Crippen LogP contribution in [-0.2, 0) is 4.79 Å². The molecule has 0 atom stereocenters. The van der Waals surface area contributed by atoms with Crippen molar-refractivity contribution in [2.45, 2.75) is 0 Å². The van der Waals surface area contributed by atoms with Gasteiger partial charge >= 0.3 is 0 Å². The predicted octanol–water partition coefficient (Wildman–Crippen LogP) is 2.54. The molecule has 7 heteroatoms. The quantitative estimate of drug-likeness (QED) is 0.913. The van der Waals surface area contributed by atoms with Gasteiger partial charge in [-0.1, -0.05) is 23.7 Å². The first-order valence-corrected chi connectivity index (χ1v) is 8.10. The number of hydrogen-bond acceptors (Lipinski definition) is 4. The van der Waals surface area contributed by atoms with Crippen molar-refractivity contribution >= 4 is 29.1 Å². The lowest BCUT2D eigenvalue weighted by Gasteiger charge is -2.35. The van der Waals surface area contributed by atoms with Gasteiger partial charge in [0.25, 0.3) is 5.91 Å². The van der Waals surface area contributed by atoms with Crippen LogP contribution in [-0.4, -0.2) is 48.6 Å². The molecule has 1 N–H and O–H groups in total. The number of rotatable bonds is 3. The van der Waals surface area contributed by atoms with E-state index in [2.05, 4.69) is 0 Å². The number of ether oxygens (including phenoxy) is 1. The zero-order valence-electron chi connectivity index (χ0n) is 13.6. The second kappa shape index (κ2) is 7.03. The number of amides is 2. The molecule has 1 heterocycles. The number of para-hydroxylation sites is 2. The lowest BCUT2D eigenvalue weighted by molar-refractivity contribution is -0.120. The summed E-state index contributed by atoms with van der Waals surface area (Å²) in [5, 5.41) is 10.3. The summed E-state index contributed by atoms with van der Waals surface area (Å²) in [5.41, 5.74) is 0.805. The standard InChI is InChI=1S/C18H17ClN2O4/c1-25-16-5-3-2-4-14(16)21-9-8-20(11-17(21)23)18(24)13-7-6-12(19)10-15(13)22/h2-7,10,22H,8-9,11H2,1H3. The number of nitrogens with zero attached hydrogens (tertiary/aromatic N) is 2. The zero-order valence-corrected chi connectivity index (χ0v) is 14.4. The summed E-state index contributed by atoms with van der Waals surface area (Å²) in [4.78, 5) is 28.1. The molecular formula is C18H17ClN2O4. The molecule has 1 aliphatic rings. The third kappa shape index (κ3) is 3.39. The average molecular weight is 361 g/mol. The molecule has 1 fully saturated rings. The second-order valence-corrected chi connectivity index (χ2v) is 6.04. The van der Waals surface area contributed by atoms with Gasteiger partial charge in [0.05, 0.1) is 18.4 Å². The molecule has 1 aliphatic heterocycles. The fraction of sp³-hybridized carbons (Fsp3) is 0.222. The van der Waals surface area contributed by atoms with Gasteiger partial charge in [-0.15, -0.1) is 0 Å². The Hall–Kier alpha value is -2.73. The minimum atomic E-state index is -0.401. The normalized spacial score (nSPS) is 14.6. The van der Waals surface area contributed by atoms with E-state index in [1.165, 1.54) is 23.1 Å². The average Bonchev–Trinajstić information content (AvgIpc) is 2.61. The molecule has 0 saturated carbocycles. The lowest BCUT2D eigenvalue weighted by atomic mass is 10.1. The number of aromatic hydroxyl groups is 1. The van der Waals surface area contributed by atoms with Gasteiger partial charge in [-0.05, 0) is 30.3 Å². The number of anilines is 1. The smallest absolute Gasteiger partial charge is 0.258 e. The largest absolute Gasteiger partial charge is 0.507 e. The molecule has 130 valence electrons. The van der Waals surface area contributed by atoms with Gasteiger partial charge < -0.3 is 19.6 Å². The minimum Gasteiger partial charge on any atom is -0.507 e. The van der Waals surface area contributed by atoms with E-state index in [1.807, 2.05) is 12.1 Å². The van der Waals surface area contributed by atoms with Crippen LogP contribution in [0, 0.1) is 0 Å². The fourth-order valence-corrected chi connectivity index (χ4v) is 2.98. The SMILES string of the molecule is COc1ccccc1N1CCN(C(=O)c2ccc(Cl)cc2O)CC1=O. The zero-order chi connectivity index (χ0) is 18.0. The molecular weight excluding hydrogens is 344 g/mol. The van der Waals surface area contributed by atoms with Gasteiger partial charge in [0, 0.05) is 18.1 Å². The molecule has 0 aliphatic carbocycles. The van der Waals surface area contributed by atoms with Crippen molar-refractivity contribution in [2.75, 3.05) is 31.6 Å². The number of carbonyl (C=O) groups is 2. The molecule has 6 nitrogen and oxygen atoms in total. The van der Waals surface area contributed by atoms with E-state index >= 15 is 0 Å². The fourth-order valence-electron chi connectivity index (χ4n) is 2.81. The summed E-state index contributed by atoms with van der Waals surface area (Å²) in [6.07, 6.45) is 0. The number of methoxy groups -OCH3 is 1. The van der Waals surface area contributed by atoms with Crippen molar-refractivity contribution in [1.82, 2.24) is 4.90 Å². The van der Waals surface area contributed by atoms with Crippen molar-refractivity contribution in [2.24, 2.45) is 0 Å². The molecule has 0 spiro atoms. The lowest BCUT2D eigenvalue weighted by Crippen LogP contribution is -2.52. The summed E-state index contributed by atoms with van der Waals surface area (Å²) in [5.74, 6) is -0.206. The van der Waals surface area contributed by atoms with E-state index in [-0.39, 0.29) is 23.8 Å². The van der Waals surface area contributed by atoms with Crippen LogP contribution in [0.4, 0.5) is 5.69 Å². The van der Waals surface area contributed by atoms with Crippen LogP contribution < -0.4 is 9.64 Å². The Morgan fingerprint density at radius 3 is 2.64 bits per heavy atom. The van der Waals surface area contributed by atoms with Crippen LogP contribution in [0.3, 0.4) is 0 Å². The summed E-state index contributed by atoms with van der Waals surface area (Å²) in [6, 6.07) is 11.5. The van der Waals surface area contributed by atoms with Crippen LogP contribution in [0.25, 0.3) is 0 Å². The van der Waals surface area contributed by atoms with Crippen LogP contribution in [0.15, 0.2) is 42.5 Å². The van der Waals surface area contributed by atoms with Crippen LogP contribution >= 0.6 is 11.6 Å². The van der Waals surface area contributed by atoms with Crippen LogP contribution in [0.1, 0.15) is 10.4 Å². The third-order valence-corrected chi connectivity index (χ3v) is 4.31. The van der Waals surface area contributed by atoms with E-state index in [0.29, 0.717) is 29.5 Å². The third-order valence-electron chi connectivity index (χ3n) is 4.07. The molecule has 2 aromatic carbocycles. The van der Waals surface area contributed by atoms with Crippen molar-refractivity contribution in [3.63, 3.8) is 0 Å². The summed E-state index contributed by atoms with van der Waals surface area (Å²) in [7, 11) is 1.55. The molecule has 0 unspecified atom stereocenters. The first kappa shape index (κ1) is 17.1. The van der Waals surface area contributed by atoms with E-state index in [4.69, 9.17) is 16.3 Å². The Labute approximate surface area is 150 Å². The van der Waals surface area contributed by atoms with Gasteiger partial charge in [-0.25, -0.2) is 0 Å². The molecule has 0 radical (unpaired) electrons. The molecule has 0 bridgehead atoms. The molecule has 25 heavy (non-hydrogen) atoms. The van der Waals surface area contributed by atoms with Crippen molar-refractivity contribution in [3.05, 3.63) is 53.1 Å².